The van der Waals surface area contributed by atoms with Crippen molar-refractivity contribution in [3.8, 4) is 0 Å². The molecule has 0 spiro atoms. The minimum absolute atomic E-state index is 0.204. The molecule has 2 heterocycles. The predicted molar refractivity (Wildman–Crippen MR) is 100.0 cm³/mol. The first-order valence-corrected chi connectivity index (χ1v) is 8.31. The van der Waals surface area contributed by atoms with Crippen molar-refractivity contribution in [3.63, 3.8) is 0 Å². The standard InChI is InChI=1S/C19H19N5O2/c1-19(2,26)13-8-4-3-7-12(13)11-23-18(25)24-15-10-6-5-9-14(15)21-16(20)17(24)22-23/h3-10,26H,11H2,1-2H3,(H2,20,21). The lowest BCUT2D eigenvalue weighted by atomic mass is 9.93. The molecule has 132 valence electrons. The number of anilines is 1. The van der Waals surface area contributed by atoms with Crippen LogP contribution in [0.1, 0.15) is 25.0 Å². The zero-order valence-corrected chi connectivity index (χ0v) is 14.5. The quantitative estimate of drug-likeness (QED) is 0.589. The fourth-order valence-corrected chi connectivity index (χ4v) is 3.24. The van der Waals surface area contributed by atoms with Gasteiger partial charge >= 0.3 is 5.69 Å². The minimum Gasteiger partial charge on any atom is -0.386 e. The zero-order chi connectivity index (χ0) is 18.5. The maximum atomic E-state index is 13.0. The lowest BCUT2D eigenvalue weighted by Crippen LogP contribution is -2.25. The minimum atomic E-state index is -1.02. The van der Waals surface area contributed by atoms with Gasteiger partial charge in [0.15, 0.2) is 5.82 Å². The number of nitrogen functional groups attached to an aromatic ring is 1. The van der Waals surface area contributed by atoms with Crippen molar-refractivity contribution in [1.82, 2.24) is 19.2 Å². The number of nitrogens with two attached hydrogens (primary N) is 1. The Labute approximate surface area is 149 Å². The van der Waals surface area contributed by atoms with Crippen LogP contribution in [-0.4, -0.2) is 24.3 Å². The van der Waals surface area contributed by atoms with Gasteiger partial charge in [-0.05, 0) is 37.1 Å². The molecule has 2 aromatic carbocycles. The van der Waals surface area contributed by atoms with Crippen LogP contribution < -0.4 is 11.4 Å². The first kappa shape index (κ1) is 16.3. The highest BCUT2D eigenvalue weighted by atomic mass is 16.3. The van der Waals surface area contributed by atoms with E-state index in [2.05, 4.69) is 10.1 Å². The molecule has 26 heavy (non-hydrogen) atoms. The highest BCUT2D eigenvalue weighted by molar-refractivity contribution is 5.81. The van der Waals surface area contributed by atoms with Crippen LogP contribution in [0.4, 0.5) is 5.82 Å². The first-order chi connectivity index (χ1) is 12.4. The second-order valence-electron chi connectivity index (χ2n) is 6.80. The summed E-state index contributed by atoms with van der Waals surface area (Å²) in [5.41, 5.74) is 7.88. The van der Waals surface area contributed by atoms with Gasteiger partial charge < -0.3 is 10.8 Å². The van der Waals surface area contributed by atoms with Gasteiger partial charge in [0.2, 0.25) is 5.65 Å². The molecular formula is C19H19N5O2. The van der Waals surface area contributed by atoms with Crippen molar-refractivity contribution in [2.24, 2.45) is 0 Å². The fraction of sp³-hybridized carbons (Fsp3) is 0.211. The third-order valence-corrected chi connectivity index (χ3v) is 4.43. The zero-order valence-electron chi connectivity index (χ0n) is 14.5. The van der Waals surface area contributed by atoms with Crippen molar-refractivity contribution >= 4 is 22.5 Å². The normalized spacial score (nSPS) is 12.1. The van der Waals surface area contributed by atoms with E-state index in [-0.39, 0.29) is 18.1 Å². The number of nitrogens with zero attached hydrogens (tertiary/aromatic N) is 4. The molecule has 3 N–H and O–H groups in total. The van der Waals surface area contributed by atoms with Gasteiger partial charge in [-0.1, -0.05) is 36.4 Å². The molecule has 0 amide bonds. The Kier molecular flexibility index (Phi) is 3.55. The maximum absolute atomic E-state index is 13.0. The number of hydrogen-bond acceptors (Lipinski definition) is 5. The van der Waals surface area contributed by atoms with Crippen LogP contribution in [0.2, 0.25) is 0 Å². The van der Waals surface area contributed by atoms with E-state index >= 15 is 0 Å². The molecule has 0 aliphatic heterocycles. The summed E-state index contributed by atoms with van der Waals surface area (Å²) in [6.45, 7) is 3.66. The molecule has 0 fully saturated rings. The largest absolute Gasteiger partial charge is 0.386 e. The van der Waals surface area contributed by atoms with Crippen molar-refractivity contribution < 1.29 is 5.11 Å². The van der Waals surface area contributed by atoms with Crippen molar-refractivity contribution in [1.29, 1.82) is 0 Å². The van der Waals surface area contributed by atoms with E-state index in [0.29, 0.717) is 16.7 Å². The molecule has 4 aromatic rings. The third kappa shape index (κ3) is 2.53. The lowest BCUT2D eigenvalue weighted by Gasteiger charge is -2.21. The molecule has 2 aromatic heterocycles. The second kappa shape index (κ2) is 5.67. The molecule has 0 radical (unpaired) electrons. The summed E-state index contributed by atoms with van der Waals surface area (Å²) in [5.74, 6) is 0.204. The summed E-state index contributed by atoms with van der Waals surface area (Å²) in [7, 11) is 0. The number of para-hydroxylation sites is 2. The van der Waals surface area contributed by atoms with Crippen LogP contribution >= 0.6 is 0 Å². The molecule has 7 heteroatoms. The van der Waals surface area contributed by atoms with Gasteiger partial charge in [0.05, 0.1) is 23.2 Å². The molecule has 0 aliphatic rings. The van der Waals surface area contributed by atoms with Gasteiger partial charge in [-0.2, -0.15) is 0 Å². The van der Waals surface area contributed by atoms with Crippen molar-refractivity contribution in [2.75, 3.05) is 5.73 Å². The van der Waals surface area contributed by atoms with E-state index in [1.54, 1.807) is 19.9 Å². The second-order valence-corrected chi connectivity index (χ2v) is 6.80. The Morgan fingerprint density at radius 1 is 1.12 bits per heavy atom. The monoisotopic (exact) mass is 349 g/mol. The van der Waals surface area contributed by atoms with E-state index in [1.807, 2.05) is 42.5 Å². The topological polar surface area (TPSA) is 98.4 Å². The van der Waals surface area contributed by atoms with Crippen LogP contribution in [0.5, 0.6) is 0 Å². The Hall–Kier alpha value is -3.19. The maximum Gasteiger partial charge on any atom is 0.351 e. The van der Waals surface area contributed by atoms with Crippen LogP contribution in [0.25, 0.3) is 16.7 Å². The van der Waals surface area contributed by atoms with Crippen molar-refractivity contribution in [2.45, 2.75) is 26.0 Å². The Morgan fingerprint density at radius 3 is 2.58 bits per heavy atom. The van der Waals surface area contributed by atoms with Gasteiger partial charge in [-0.15, -0.1) is 5.10 Å². The molecule has 0 atom stereocenters. The van der Waals surface area contributed by atoms with Crippen LogP contribution in [0, 0.1) is 0 Å². The predicted octanol–water partition coefficient (Wildman–Crippen LogP) is 1.90. The van der Waals surface area contributed by atoms with E-state index in [4.69, 9.17) is 5.73 Å². The van der Waals surface area contributed by atoms with Gasteiger partial charge in [-0.25, -0.2) is 18.9 Å². The van der Waals surface area contributed by atoms with E-state index in [9.17, 15) is 9.90 Å². The molecule has 0 unspecified atom stereocenters. The lowest BCUT2D eigenvalue weighted by molar-refractivity contribution is 0.0774. The summed E-state index contributed by atoms with van der Waals surface area (Å²) in [6, 6.07) is 14.8. The number of aliphatic hydroxyl groups is 1. The summed E-state index contributed by atoms with van der Waals surface area (Å²) in [4.78, 5) is 17.3. The summed E-state index contributed by atoms with van der Waals surface area (Å²) in [6.07, 6.45) is 0. The molecule has 0 aliphatic carbocycles. The molecule has 7 nitrogen and oxygen atoms in total. The van der Waals surface area contributed by atoms with Crippen LogP contribution in [0.15, 0.2) is 53.3 Å². The number of fused-ring (bicyclic) bond motifs is 3. The first-order valence-electron chi connectivity index (χ1n) is 8.31. The highest BCUT2D eigenvalue weighted by Gasteiger charge is 2.21. The molecule has 0 bridgehead atoms. The number of rotatable bonds is 3. The Morgan fingerprint density at radius 2 is 1.81 bits per heavy atom. The SMILES string of the molecule is CC(C)(O)c1ccccc1Cn1nc2c(N)nc3ccccc3n2c1=O. The number of benzene rings is 2. The van der Waals surface area contributed by atoms with E-state index in [0.717, 1.165) is 11.1 Å². The Balaban J connectivity index is 1.93. The smallest absolute Gasteiger partial charge is 0.351 e. The fourth-order valence-electron chi connectivity index (χ4n) is 3.24. The molecule has 0 saturated carbocycles. The highest BCUT2D eigenvalue weighted by Crippen LogP contribution is 2.24. The van der Waals surface area contributed by atoms with Gasteiger partial charge in [0, 0.05) is 0 Å². The van der Waals surface area contributed by atoms with Gasteiger partial charge in [-0.3, -0.25) is 0 Å². The molecule has 4 rings (SSSR count). The van der Waals surface area contributed by atoms with Crippen LogP contribution in [0.3, 0.4) is 0 Å². The summed E-state index contributed by atoms with van der Waals surface area (Å²) in [5, 5.41) is 14.8. The van der Waals surface area contributed by atoms with Crippen LogP contribution in [-0.2, 0) is 12.1 Å². The average molecular weight is 349 g/mol. The number of aromatic nitrogens is 4. The van der Waals surface area contributed by atoms with E-state index in [1.165, 1.54) is 9.08 Å². The average Bonchev–Trinajstić information content (AvgIpc) is 2.92. The number of hydrogen-bond donors (Lipinski definition) is 2. The molecule has 0 saturated heterocycles. The Bertz CT molecular complexity index is 1180. The summed E-state index contributed by atoms with van der Waals surface area (Å²) >= 11 is 0. The van der Waals surface area contributed by atoms with Gasteiger partial charge in [0.25, 0.3) is 0 Å². The van der Waals surface area contributed by atoms with Gasteiger partial charge in [0.1, 0.15) is 0 Å². The van der Waals surface area contributed by atoms with Crippen molar-refractivity contribution in [3.05, 3.63) is 70.1 Å². The third-order valence-electron chi connectivity index (χ3n) is 4.43. The summed E-state index contributed by atoms with van der Waals surface area (Å²) < 4.78 is 2.83. The van der Waals surface area contributed by atoms with E-state index < -0.39 is 5.60 Å². The molecular weight excluding hydrogens is 330 g/mol.